The smallest absolute Gasteiger partial charge is 0.306 e. The molecule has 0 radical (unpaired) electrons. The number of ether oxygens (including phenoxy) is 1. The number of carbonyl (C=O) groups is 1. The van der Waals surface area contributed by atoms with Gasteiger partial charge in [0, 0.05) is 23.4 Å². The van der Waals surface area contributed by atoms with Crippen LogP contribution in [0.5, 0.6) is 0 Å². The Hall–Kier alpha value is -0.970. The summed E-state index contributed by atoms with van der Waals surface area (Å²) in [5, 5.41) is 4.28. The van der Waals surface area contributed by atoms with Crippen LogP contribution in [-0.4, -0.2) is 27.6 Å². The molecule has 0 N–H and O–H groups in total. The van der Waals surface area contributed by atoms with Crippen LogP contribution >= 0.6 is 11.8 Å². The lowest BCUT2D eigenvalue weighted by Gasteiger charge is -2.08. The van der Waals surface area contributed by atoms with Crippen LogP contribution in [0.4, 0.5) is 0 Å². The van der Waals surface area contributed by atoms with E-state index < -0.39 is 0 Å². The fourth-order valence-corrected chi connectivity index (χ4v) is 2.19. The standard InChI is InChI=1S/C10H16N2O2S/c1-4-14-10(13)5-8(2)15-9-6-11-12(3)7-9/h6-8H,4-5H2,1-3H3. The zero-order valence-electron chi connectivity index (χ0n) is 9.27. The minimum atomic E-state index is -0.138. The van der Waals surface area contributed by atoms with Gasteiger partial charge in [0.15, 0.2) is 0 Å². The Balaban J connectivity index is 2.35. The molecule has 84 valence electrons. The van der Waals surface area contributed by atoms with Gasteiger partial charge in [0.05, 0.1) is 19.2 Å². The summed E-state index contributed by atoms with van der Waals surface area (Å²) in [6.07, 6.45) is 4.17. The summed E-state index contributed by atoms with van der Waals surface area (Å²) >= 11 is 1.63. The molecule has 0 bridgehead atoms. The Labute approximate surface area is 94.0 Å². The summed E-state index contributed by atoms with van der Waals surface area (Å²) in [5.41, 5.74) is 0. The number of thioether (sulfide) groups is 1. The SMILES string of the molecule is CCOC(=O)CC(C)Sc1cnn(C)c1. The van der Waals surface area contributed by atoms with Crippen molar-refractivity contribution in [2.24, 2.45) is 7.05 Å². The molecular formula is C10H16N2O2S. The number of carbonyl (C=O) groups excluding carboxylic acids is 1. The van der Waals surface area contributed by atoms with Gasteiger partial charge in [-0.25, -0.2) is 0 Å². The molecule has 0 saturated carbocycles. The quantitative estimate of drug-likeness (QED) is 0.570. The number of aryl methyl sites for hydroxylation is 1. The molecule has 1 rings (SSSR count). The predicted molar refractivity (Wildman–Crippen MR) is 59.8 cm³/mol. The normalized spacial score (nSPS) is 12.5. The fourth-order valence-electron chi connectivity index (χ4n) is 1.19. The third-order valence-electron chi connectivity index (χ3n) is 1.78. The maximum absolute atomic E-state index is 11.2. The lowest BCUT2D eigenvalue weighted by molar-refractivity contribution is -0.142. The van der Waals surface area contributed by atoms with E-state index in [9.17, 15) is 4.79 Å². The van der Waals surface area contributed by atoms with E-state index in [-0.39, 0.29) is 11.2 Å². The molecule has 0 aliphatic heterocycles. The first-order valence-corrected chi connectivity index (χ1v) is 5.80. The molecule has 1 unspecified atom stereocenters. The molecule has 0 aliphatic rings. The van der Waals surface area contributed by atoms with Crippen LogP contribution in [0.3, 0.4) is 0 Å². The third-order valence-corrected chi connectivity index (χ3v) is 2.83. The average Bonchev–Trinajstić information content (AvgIpc) is 2.51. The number of rotatable bonds is 5. The van der Waals surface area contributed by atoms with E-state index >= 15 is 0 Å². The number of esters is 1. The van der Waals surface area contributed by atoms with Gasteiger partial charge in [-0.15, -0.1) is 11.8 Å². The first-order chi connectivity index (χ1) is 7.11. The van der Waals surface area contributed by atoms with Crippen molar-refractivity contribution in [3.05, 3.63) is 12.4 Å². The number of hydrogen-bond donors (Lipinski definition) is 0. The molecule has 0 amide bonds. The topological polar surface area (TPSA) is 44.1 Å². The van der Waals surface area contributed by atoms with Gasteiger partial charge in [0.25, 0.3) is 0 Å². The Morgan fingerprint density at radius 1 is 1.73 bits per heavy atom. The summed E-state index contributed by atoms with van der Waals surface area (Å²) in [6, 6.07) is 0. The van der Waals surface area contributed by atoms with E-state index in [1.54, 1.807) is 22.6 Å². The van der Waals surface area contributed by atoms with Crippen molar-refractivity contribution in [2.75, 3.05) is 6.61 Å². The molecule has 5 heteroatoms. The molecule has 1 atom stereocenters. The highest BCUT2D eigenvalue weighted by Crippen LogP contribution is 2.24. The molecule has 0 spiro atoms. The van der Waals surface area contributed by atoms with Crippen molar-refractivity contribution in [3.63, 3.8) is 0 Å². The lowest BCUT2D eigenvalue weighted by atomic mass is 10.3. The van der Waals surface area contributed by atoms with E-state index in [0.29, 0.717) is 13.0 Å². The second-order valence-electron chi connectivity index (χ2n) is 3.29. The molecule has 0 saturated heterocycles. The summed E-state index contributed by atoms with van der Waals surface area (Å²) in [6.45, 7) is 4.27. The van der Waals surface area contributed by atoms with Crippen molar-refractivity contribution in [1.29, 1.82) is 0 Å². The molecule has 15 heavy (non-hydrogen) atoms. The van der Waals surface area contributed by atoms with Gasteiger partial charge in [-0.05, 0) is 6.92 Å². The fraction of sp³-hybridized carbons (Fsp3) is 0.600. The van der Waals surface area contributed by atoms with Gasteiger partial charge < -0.3 is 4.74 Å². The van der Waals surface area contributed by atoms with Gasteiger partial charge in [-0.3, -0.25) is 9.48 Å². The Bertz CT molecular complexity index is 325. The zero-order valence-corrected chi connectivity index (χ0v) is 10.1. The number of aromatic nitrogens is 2. The van der Waals surface area contributed by atoms with Crippen LogP contribution in [-0.2, 0) is 16.6 Å². The Morgan fingerprint density at radius 3 is 3.00 bits per heavy atom. The summed E-state index contributed by atoms with van der Waals surface area (Å²) < 4.78 is 6.63. The van der Waals surface area contributed by atoms with Crippen molar-refractivity contribution < 1.29 is 9.53 Å². The number of nitrogens with zero attached hydrogens (tertiary/aromatic N) is 2. The molecular weight excluding hydrogens is 212 g/mol. The van der Waals surface area contributed by atoms with E-state index in [1.165, 1.54) is 0 Å². The largest absolute Gasteiger partial charge is 0.466 e. The van der Waals surface area contributed by atoms with Crippen LogP contribution < -0.4 is 0 Å². The minimum Gasteiger partial charge on any atom is -0.466 e. The first-order valence-electron chi connectivity index (χ1n) is 4.92. The molecule has 1 aromatic rings. The summed E-state index contributed by atoms with van der Waals surface area (Å²) in [4.78, 5) is 12.3. The molecule has 0 fully saturated rings. The van der Waals surface area contributed by atoms with E-state index in [0.717, 1.165) is 4.90 Å². The van der Waals surface area contributed by atoms with E-state index in [1.807, 2.05) is 27.1 Å². The van der Waals surface area contributed by atoms with Crippen molar-refractivity contribution in [3.8, 4) is 0 Å². The molecule has 1 heterocycles. The van der Waals surface area contributed by atoms with Crippen molar-refractivity contribution >= 4 is 17.7 Å². The molecule has 4 nitrogen and oxygen atoms in total. The van der Waals surface area contributed by atoms with E-state index in [4.69, 9.17) is 4.74 Å². The van der Waals surface area contributed by atoms with Crippen LogP contribution in [0.15, 0.2) is 17.3 Å². The van der Waals surface area contributed by atoms with Gasteiger partial charge in [0.1, 0.15) is 0 Å². The lowest BCUT2D eigenvalue weighted by Crippen LogP contribution is -2.10. The van der Waals surface area contributed by atoms with Gasteiger partial charge in [0.2, 0.25) is 0 Å². The predicted octanol–water partition coefficient (Wildman–Crippen LogP) is 1.85. The number of hydrogen-bond acceptors (Lipinski definition) is 4. The van der Waals surface area contributed by atoms with Gasteiger partial charge >= 0.3 is 5.97 Å². The summed E-state index contributed by atoms with van der Waals surface area (Å²) in [5.74, 6) is -0.138. The van der Waals surface area contributed by atoms with Crippen LogP contribution in [0.2, 0.25) is 0 Å². The second-order valence-corrected chi connectivity index (χ2v) is 4.80. The Morgan fingerprint density at radius 2 is 2.47 bits per heavy atom. The summed E-state index contributed by atoms with van der Waals surface area (Å²) in [7, 11) is 1.88. The third kappa shape index (κ3) is 4.38. The van der Waals surface area contributed by atoms with Gasteiger partial charge in [-0.2, -0.15) is 5.10 Å². The first kappa shape index (κ1) is 12.1. The minimum absolute atomic E-state index is 0.138. The van der Waals surface area contributed by atoms with Crippen LogP contribution in [0.1, 0.15) is 20.3 Å². The van der Waals surface area contributed by atoms with E-state index in [2.05, 4.69) is 5.10 Å². The van der Waals surface area contributed by atoms with Crippen molar-refractivity contribution in [2.45, 2.75) is 30.4 Å². The second kappa shape index (κ2) is 5.80. The van der Waals surface area contributed by atoms with Crippen molar-refractivity contribution in [1.82, 2.24) is 9.78 Å². The monoisotopic (exact) mass is 228 g/mol. The van der Waals surface area contributed by atoms with Crippen LogP contribution in [0.25, 0.3) is 0 Å². The van der Waals surface area contributed by atoms with Crippen LogP contribution in [0, 0.1) is 0 Å². The maximum Gasteiger partial charge on any atom is 0.306 e. The highest BCUT2D eigenvalue weighted by atomic mass is 32.2. The zero-order chi connectivity index (χ0) is 11.3. The Kier molecular flexibility index (Phi) is 4.68. The highest BCUT2D eigenvalue weighted by Gasteiger charge is 2.11. The maximum atomic E-state index is 11.2. The average molecular weight is 228 g/mol. The molecule has 0 aliphatic carbocycles. The highest BCUT2D eigenvalue weighted by molar-refractivity contribution is 8.00. The van der Waals surface area contributed by atoms with Gasteiger partial charge in [-0.1, -0.05) is 6.92 Å². The molecule has 0 aromatic carbocycles. The molecule has 1 aromatic heterocycles.